The van der Waals surface area contributed by atoms with Gasteiger partial charge in [-0.05, 0) is 36.4 Å². The summed E-state index contributed by atoms with van der Waals surface area (Å²) >= 11 is 5.79. The molecular formula is C12H9Cl2N3. The van der Waals surface area contributed by atoms with Crippen LogP contribution in [0.1, 0.15) is 0 Å². The maximum Gasteiger partial charge on any atom is 0.385 e. The number of nitrogens with one attached hydrogen (secondary N) is 1. The Bertz CT molecular complexity index is 515. The van der Waals surface area contributed by atoms with E-state index in [9.17, 15) is 0 Å². The van der Waals surface area contributed by atoms with Crippen LogP contribution in [0.2, 0.25) is 5.02 Å². The van der Waals surface area contributed by atoms with Crippen molar-refractivity contribution in [2.24, 2.45) is 0 Å². The van der Waals surface area contributed by atoms with Crippen LogP contribution in [0.4, 0.5) is 17.1 Å². The molecule has 17 heavy (non-hydrogen) atoms. The maximum atomic E-state index is 8.54. The normalized spacial score (nSPS) is 8.94. The van der Waals surface area contributed by atoms with Crippen LogP contribution in [-0.2, 0) is 0 Å². The highest BCUT2D eigenvalue weighted by Crippen LogP contribution is 2.21. The van der Waals surface area contributed by atoms with Crippen LogP contribution in [0.5, 0.6) is 0 Å². The fourth-order valence-electron chi connectivity index (χ4n) is 1.31. The molecule has 0 saturated carbocycles. The third-order valence-corrected chi connectivity index (χ3v) is 2.37. The van der Waals surface area contributed by atoms with Gasteiger partial charge in [-0.1, -0.05) is 11.6 Å². The summed E-state index contributed by atoms with van der Waals surface area (Å²) in [5.74, 6) is 0. The van der Waals surface area contributed by atoms with Gasteiger partial charge in [0.15, 0.2) is 4.98 Å². The van der Waals surface area contributed by atoms with Crippen LogP contribution in [0.15, 0.2) is 48.5 Å². The average Bonchev–Trinajstić information content (AvgIpc) is 2.33. The number of hydrogen-bond donors (Lipinski definition) is 1. The minimum absolute atomic E-state index is 0. The molecular weight excluding hydrogens is 257 g/mol. The highest BCUT2D eigenvalue weighted by atomic mass is 35.5. The number of diazo groups is 1. The Kier molecular flexibility index (Phi) is 4.77. The fraction of sp³-hybridized carbons (Fsp3) is 0. The molecule has 86 valence electrons. The first-order valence-corrected chi connectivity index (χ1v) is 5.13. The van der Waals surface area contributed by atoms with E-state index < -0.39 is 0 Å². The van der Waals surface area contributed by atoms with Crippen LogP contribution in [-0.4, -0.2) is 0 Å². The van der Waals surface area contributed by atoms with Gasteiger partial charge in [-0.25, -0.2) is 0 Å². The lowest BCUT2D eigenvalue weighted by Crippen LogP contribution is -3.00. The molecule has 0 amide bonds. The van der Waals surface area contributed by atoms with Crippen LogP contribution >= 0.6 is 11.6 Å². The summed E-state index contributed by atoms with van der Waals surface area (Å²) < 4.78 is 0. The van der Waals surface area contributed by atoms with Crippen molar-refractivity contribution in [3.05, 3.63) is 58.5 Å². The standard InChI is InChI=1S/C12H9ClN3.ClH/c13-9-1-3-10(4-2-9)15-11-5-7-12(16-14)8-6-11;/h1-8,15H;1H/q+1;/p-1. The molecule has 1 N–H and O–H groups in total. The van der Waals surface area contributed by atoms with E-state index in [1.807, 2.05) is 36.4 Å². The Hall–Kier alpha value is -1.76. The molecule has 0 aliphatic carbocycles. The topological polar surface area (TPSA) is 40.2 Å². The van der Waals surface area contributed by atoms with E-state index in [0.717, 1.165) is 11.4 Å². The minimum Gasteiger partial charge on any atom is -1.00 e. The van der Waals surface area contributed by atoms with Gasteiger partial charge in [0.05, 0.1) is 0 Å². The predicted molar refractivity (Wildman–Crippen MR) is 65.9 cm³/mol. The first kappa shape index (κ1) is 13.3. The second kappa shape index (κ2) is 6.09. The fourth-order valence-corrected chi connectivity index (χ4v) is 1.44. The van der Waals surface area contributed by atoms with Gasteiger partial charge in [0.1, 0.15) is 0 Å². The molecule has 2 aromatic rings. The highest BCUT2D eigenvalue weighted by molar-refractivity contribution is 6.30. The molecule has 0 bridgehead atoms. The van der Waals surface area contributed by atoms with Gasteiger partial charge in [0.25, 0.3) is 0 Å². The van der Waals surface area contributed by atoms with Gasteiger partial charge in [-0.3, -0.25) is 0 Å². The van der Waals surface area contributed by atoms with Gasteiger partial charge in [0.2, 0.25) is 5.39 Å². The van der Waals surface area contributed by atoms with Crippen LogP contribution in [0, 0.1) is 5.39 Å². The number of benzene rings is 2. The molecule has 0 saturated heterocycles. The molecule has 0 fully saturated rings. The second-order valence-electron chi connectivity index (χ2n) is 3.28. The summed E-state index contributed by atoms with van der Waals surface area (Å²) in [4.78, 5) is 3.09. The molecule has 5 heteroatoms. The van der Waals surface area contributed by atoms with E-state index in [1.165, 1.54) is 0 Å². The third-order valence-electron chi connectivity index (χ3n) is 2.12. The van der Waals surface area contributed by atoms with Gasteiger partial charge in [-0.2, -0.15) is 0 Å². The lowest BCUT2D eigenvalue weighted by atomic mass is 10.2. The lowest BCUT2D eigenvalue weighted by Gasteiger charge is -2.04. The number of hydrogen-bond acceptors (Lipinski definition) is 2. The van der Waals surface area contributed by atoms with Crippen molar-refractivity contribution in [1.82, 2.24) is 0 Å². The van der Waals surface area contributed by atoms with Crippen molar-refractivity contribution >= 4 is 28.7 Å². The zero-order chi connectivity index (χ0) is 11.4. The van der Waals surface area contributed by atoms with Gasteiger partial charge in [0, 0.05) is 28.5 Å². The monoisotopic (exact) mass is 265 g/mol. The minimum atomic E-state index is 0. The Morgan fingerprint density at radius 1 is 0.882 bits per heavy atom. The summed E-state index contributed by atoms with van der Waals surface area (Å²) in [6, 6.07) is 14.5. The van der Waals surface area contributed by atoms with Crippen molar-refractivity contribution in [2.75, 3.05) is 5.32 Å². The van der Waals surface area contributed by atoms with E-state index in [-0.39, 0.29) is 12.4 Å². The summed E-state index contributed by atoms with van der Waals surface area (Å²) in [5, 5.41) is 12.4. The van der Waals surface area contributed by atoms with Gasteiger partial charge < -0.3 is 17.7 Å². The number of nitrogens with zero attached hydrogens (tertiary/aromatic N) is 2. The first-order valence-electron chi connectivity index (χ1n) is 4.76. The zero-order valence-corrected chi connectivity index (χ0v) is 10.3. The molecule has 3 nitrogen and oxygen atoms in total. The first-order chi connectivity index (χ1) is 7.78. The lowest BCUT2D eigenvalue weighted by molar-refractivity contribution is -0.00000329. The molecule has 0 spiro atoms. The highest BCUT2D eigenvalue weighted by Gasteiger charge is 2.02. The van der Waals surface area contributed by atoms with Crippen LogP contribution < -0.4 is 17.7 Å². The largest absolute Gasteiger partial charge is 1.00 e. The Morgan fingerprint density at radius 3 is 1.82 bits per heavy atom. The van der Waals surface area contributed by atoms with Crippen molar-refractivity contribution < 1.29 is 12.4 Å². The quantitative estimate of drug-likeness (QED) is 0.838. The van der Waals surface area contributed by atoms with Crippen LogP contribution in [0.25, 0.3) is 4.98 Å². The van der Waals surface area contributed by atoms with Gasteiger partial charge in [-0.15, -0.1) is 0 Å². The molecule has 0 aromatic heterocycles. The molecule has 0 heterocycles. The predicted octanol–water partition coefficient (Wildman–Crippen LogP) is 1.57. The van der Waals surface area contributed by atoms with Gasteiger partial charge >= 0.3 is 5.69 Å². The second-order valence-corrected chi connectivity index (χ2v) is 3.72. The summed E-state index contributed by atoms with van der Waals surface area (Å²) in [6.45, 7) is 0. The SMILES string of the molecule is N#[N+]c1ccc(Nc2ccc(Cl)cc2)cc1.[Cl-]. The average molecular weight is 266 g/mol. The Morgan fingerprint density at radius 2 is 1.35 bits per heavy atom. The Labute approximate surface area is 110 Å². The van der Waals surface area contributed by atoms with Crippen molar-refractivity contribution in [3.8, 4) is 0 Å². The van der Waals surface area contributed by atoms with Crippen LogP contribution in [0.3, 0.4) is 0 Å². The molecule has 0 aliphatic heterocycles. The number of anilines is 2. The van der Waals surface area contributed by atoms with Crippen molar-refractivity contribution in [3.63, 3.8) is 0 Å². The molecule has 0 unspecified atom stereocenters. The number of halogens is 2. The third kappa shape index (κ3) is 3.63. The molecule has 2 rings (SSSR count). The van der Waals surface area contributed by atoms with E-state index in [2.05, 4.69) is 10.3 Å². The van der Waals surface area contributed by atoms with E-state index >= 15 is 0 Å². The summed E-state index contributed by atoms with van der Waals surface area (Å²) in [5.41, 5.74) is 2.41. The summed E-state index contributed by atoms with van der Waals surface area (Å²) in [7, 11) is 0. The zero-order valence-electron chi connectivity index (χ0n) is 8.77. The smallest absolute Gasteiger partial charge is 0.385 e. The van der Waals surface area contributed by atoms with E-state index in [0.29, 0.717) is 10.7 Å². The van der Waals surface area contributed by atoms with E-state index in [1.54, 1.807) is 12.1 Å². The molecule has 0 radical (unpaired) electrons. The Balaban J connectivity index is 0.00000144. The molecule has 0 atom stereocenters. The maximum absolute atomic E-state index is 8.54. The molecule has 2 aromatic carbocycles. The van der Waals surface area contributed by atoms with Crippen molar-refractivity contribution in [2.45, 2.75) is 0 Å². The molecule has 0 aliphatic rings. The summed E-state index contributed by atoms with van der Waals surface area (Å²) in [6.07, 6.45) is 0. The van der Waals surface area contributed by atoms with E-state index in [4.69, 9.17) is 17.0 Å². The van der Waals surface area contributed by atoms with Crippen molar-refractivity contribution in [1.29, 1.82) is 5.39 Å². The number of rotatable bonds is 2.